The van der Waals surface area contributed by atoms with Crippen molar-refractivity contribution in [2.75, 3.05) is 6.61 Å². The zero-order valence-electron chi connectivity index (χ0n) is 6.88. The summed E-state index contributed by atoms with van der Waals surface area (Å²) in [6, 6.07) is 0. The van der Waals surface area contributed by atoms with Crippen molar-refractivity contribution >= 4 is 0 Å². The topological polar surface area (TPSA) is 29.5 Å². The Bertz CT molecular complexity index is 138. The minimum atomic E-state index is -0.0955. The number of hydrogen-bond acceptors (Lipinski definition) is 2. The van der Waals surface area contributed by atoms with Gasteiger partial charge in [0.2, 0.25) is 0 Å². The van der Waals surface area contributed by atoms with Crippen molar-refractivity contribution in [2.24, 2.45) is 0 Å². The highest BCUT2D eigenvalue weighted by atomic mass is 16.5. The van der Waals surface area contributed by atoms with Gasteiger partial charge in [0.05, 0.1) is 11.7 Å². The summed E-state index contributed by atoms with van der Waals surface area (Å²) in [4.78, 5) is 0. The van der Waals surface area contributed by atoms with Crippen LogP contribution in [0.25, 0.3) is 0 Å². The first-order valence-electron chi connectivity index (χ1n) is 4.63. The Morgan fingerprint density at radius 3 is 2.64 bits per heavy atom. The van der Waals surface area contributed by atoms with E-state index >= 15 is 0 Å². The van der Waals surface area contributed by atoms with E-state index in [0.717, 1.165) is 19.4 Å². The van der Waals surface area contributed by atoms with Gasteiger partial charge in [0.15, 0.2) is 0 Å². The van der Waals surface area contributed by atoms with Gasteiger partial charge >= 0.3 is 0 Å². The Morgan fingerprint density at radius 2 is 2.00 bits per heavy atom. The summed E-state index contributed by atoms with van der Waals surface area (Å²) in [7, 11) is 0. The maximum atomic E-state index is 9.45. The molecule has 2 fully saturated rings. The van der Waals surface area contributed by atoms with Crippen LogP contribution in [-0.2, 0) is 4.74 Å². The van der Waals surface area contributed by atoms with Crippen molar-refractivity contribution in [2.45, 2.75) is 50.2 Å². The van der Waals surface area contributed by atoms with Crippen LogP contribution in [0.4, 0.5) is 0 Å². The standard InChI is InChI=1S/C9H16O2/c10-8-3-6-11-9(7-8)4-1-2-5-9/h8,10H,1-7H2. The lowest BCUT2D eigenvalue weighted by atomic mass is 9.90. The highest BCUT2D eigenvalue weighted by molar-refractivity contribution is 4.90. The number of rotatable bonds is 0. The quantitative estimate of drug-likeness (QED) is 0.575. The lowest BCUT2D eigenvalue weighted by molar-refractivity contribution is -0.113. The lowest BCUT2D eigenvalue weighted by Crippen LogP contribution is -2.39. The maximum Gasteiger partial charge on any atom is 0.0707 e. The molecule has 1 atom stereocenters. The summed E-state index contributed by atoms with van der Waals surface area (Å²) in [6.07, 6.45) is 6.53. The van der Waals surface area contributed by atoms with Crippen LogP contribution in [0.15, 0.2) is 0 Å². The largest absolute Gasteiger partial charge is 0.393 e. The molecule has 2 aliphatic rings. The monoisotopic (exact) mass is 156 g/mol. The molecule has 11 heavy (non-hydrogen) atoms. The number of aliphatic hydroxyl groups excluding tert-OH is 1. The molecule has 0 radical (unpaired) electrons. The third kappa shape index (κ3) is 1.42. The van der Waals surface area contributed by atoms with Gasteiger partial charge in [-0.15, -0.1) is 0 Å². The van der Waals surface area contributed by atoms with Crippen LogP contribution < -0.4 is 0 Å². The van der Waals surface area contributed by atoms with Crippen molar-refractivity contribution in [3.05, 3.63) is 0 Å². The molecule has 0 aromatic carbocycles. The zero-order valence-corrected chi connectivity index (χ0v) is 6.88. The molecule has 1 aliphatic heterocycles. The highest BCUT2D eigenvalue weighted by Gasteiger charge is 2.39. The van der Waals surface area contributed by atoms with Gasteiger partial charge in [-0.2, -0.15) is 0 Å². The van der Waals surface area contributed by atoms with Crippen molar-refractivity contribution in [1.29, 1.82) is 0 Å². The second-order valence-corrected chi connectivity index (χ2v) is 3.89. The lowest BCUT2D eigenvalue weighted by Gasteiger charge is -2.36. The fourth-order valence-electron chi connectivity index (χ4n) is 2.37. The van der Waals surface area contributed by atoms with E-state index in [0.29, 0.717) is 0 Å². The smallest absolute Gasteiger partial charge is 0.0707 e. The van der Waals surface area contributed by atoms with Crippen LogP contribution in [0.1, 0.15) is 38.5 Å². The first-order valence-corrected chi connectivity index (χ1v) is 4.63. The molecule has 1 aliphatic carbocycles. The van der Waals surface area contributed by atoms with Gasteiger partial charge < -0.3 is 9.84 Å². The van der Waals surface area contributed by atoms with Gasteiger partial charge in [0.1, 0.15) is 0 Å². The summed E-state index contributed by atoms with van der Waals surface area (Å²) in [5, 5.41) is 9.45. The minimum Gasteiger partial charge on any atom is -0.393 e. The van der Waals surface area contributed by atoms with Gasteiger partial charge in [-0.3, -0.25) is 0 Å². The van der Waals surface area contributed by atoms with E-state index in [-0.39, 0.29) is 11.7 Å². The van der Waals surface area contributed by atoms with Crippen LogP contribution >= 0.6 is 0 Å². The van der Waals surface area contributed by atoms with Crippen molar-refractivity contribution in [3.8, 4) is 0 Å². The molecule has 1 N–H and O–H groups in total. The number of ether oxygens (including phenoxy) is 1. The summed E-state index contributed by atoms with van der Waals surface area (Å²) in [6.45, 7) is 0.765. The van der Waals surface area contributed by atoms with Crippen LogP contribution in [0, 0.1) is 0 Å². The van der Waals surface area contributed by atoms with Gasteiger partial charge in [-0.1, -0.05) is 12.8 Å². The zero-order chi connectivity index (χ0) is 7.73. The predicted molar refractivity (Wildman–Crippen MR) is 42.4 cm³/mol. The van der Waals surface area contributed by atoms with Gasteiger partial charge in [0, 0.05) is 13.0 Å². The van der Waals surface area contributed by atoms with E-state index in [4.69, 9.17) is 4.74 Å². The molecule has 2 rings (SSSR count). The summed E-state index contributed by atoms with van der Waals surface area (Å²) < 4.78 is 5.74. The summed E-state index contributed by atoms with van der Waals surface area (Å²) in [5.41, 5.74) is 0.0949. The first kappa shape index (κ1) is 7.56. The average molecular weight is 156 g/mol. The Hall–Kier alpha value is -0.0800. The molecule has 64 valence electrons. The maximum absolute atomic E-state index is 9.45. The fraction of sp³-hybridized carbons (Fsp3) is 1.00. The third-order valence-corrected chi connectivity index (χ3v) is 2.98. The Kier molecular flexibility index (Phi) is 1.90. The summed E-state index contributed by atoms with van der Waals surface area (Å²) >= 11 is 0. The van der Waals surface area contributed by atoms with E-state index in [1.807, 2.05) is 0 Å². The van der Waals surface area contributed by atoms with Crippen LogP contribution in [0.2, 0.25) is 0 Å². The highest BCUT2D eigenvalue weighted by Crippen LogP contribution is 2.39. The number of hydrogen-bond donors (Lipinski definition) is 1. The van der Waals surface area contributed by atoms with E-state index in [9.17, 15) is 5.11 Å². The van der Waals surface area contributed by atoms with Crippen molar-refractivity contribution in [3.63, 3.8) is 0 Å². The molecule has 2 heteroatoms. The molecular formula is C9H16O2. The van der Waals surface area contributed by atoms with Gasteiger partial charge in [0.25, 0.3) is 0 Å². The molecule has 1 saturated carbocycles. The molecule has 0 aromatic heterocycles. The second kappa shape index (κ2) is 2.76. The fourth-order valence-corrected chi connectivity index (χ4v) is 2.37. The van der Waals surface area contributed by atoms with Gasteiger partial charge in [-0.05, 0) is 19.3 Å². The molecule has 1 unspecified atom stereocenters. The predicted octanol–water partition coefficient (Wildman–Crippen LogP) is 1.47. The molecule has 0 bridgehead atoms. The third-order valence-electron chi connectivity index (χ3n) is 2.98. The van der Waals surface area contributed by atoms with E-state index in [2.05, 4.69) is 0 Å². The number of aliphatic hydroxyl groups is 1. The van der Waals surface area contributed by atoms with Crippen LogP contribution in [0.3, 0.4) is 0 Å². The molecule has 0 amide bonds. The Balaban J connectivity index is 2.00. The summed E-state index contributed by atoms with van der Waals surface area (Å²) in [5.74, 6) is 0. The normalized spacial score (nSPS) is 36.3. The Morgan fingerprint density at radius 1 is 1.27 bits per heavy atom. The van der Waals surface area contributed by atoms with E-state index in [1.54, 1.807) is 0 Å². The van der Waals surface area contributed by atoms with E-state index in [1.165, 1.54) is 25.7 Å². The molecule has 1 saturated heterocycles. The van der Waals surface area contributed by atoms with Crippen LogP contribution in [-0.4, -0.2) is 23.4 Å². The molecular weight excluding hydrogens is 140 g/mol. The average Bonchev–Trinajstić information content (AvgIpc) is 2.37. The molecule has 0 aromatic rings. The second-order valence-electron chi connectivity index (χ2n) is 3.89. The van der Waals surface area contributed by atoms with Crippen molar-refractivity contribution < 1.29 is 9.84 Å². The SMILES string of the molecule is OC1CCOC2(CCCC2)C1. The van der Waals surface area contributed by atoms with Crippen LogP contribution in [0.5, 0.6) is 0 Å². The molecule has 2 nitrogen and oxygen atoms in total. The molecule has 1 spiro atoms. The van der Waals surface area contributed by atoms with Gasteiger partial charge in [-0.25, -0.2) is 0 Å². The van der Waals surface area contributed by atoms with E-state index < -0.39 is 0 Å². The first-order chi connectivity index (χ1) is 5.31. The van der Waals surface area contributed by atoms with Crippen molar-refractivity contribution in [1.82, 2.24) is 0 Å². The minimum absolute atomic E-state index is 0.0949. The Labute approximate surface area is 67.6 Å². The molecule has 1 heterocycles.